The summed E-state index contributed by atoms with van der Waals surface area (Å²) in [4.78, 5) is 12.3. The van der Waals surface area contributed by atoms with Crippen molar-refractivity contribution in [3.05, 3.63) is 29.8 Å². The topological polar surface area (TPSA) is 95.5 Å². The van der Waals surface area contributed by atoms with Gasteiger partial charge in [0.2, 0.25) is 0 Å². The average Bonchev–Trinajstić information content (AvgIpc) is 2.81. The highest BCUT2D eigenvalue weighted by Crippen LogP contribution is 2.65. The van der Waals surface area contributed by atoms with Gasteiger partial charge in [0, 0.05) is 5.41 Å². The van der Waals surface area contributed by atoms with Crippen LogP contribution in [0.4, 0.5) is 4.79 Å². The summed E-state index contributed by atoms with van der Waals surface area (Å²) in [5, 5.41) is 13.4. The molecule has 3 rings (SSSR count). The highest BCUT2D eigenvalue weighted by Gasteiger charge is 2.66. The highest BCUT2D eigenvalue weighted by atomic mass is 32.2. The predicted molar refractivity (Wildman–Crippen MR) is 94.4 cm³/mol. The Kier molecular flexibility index (Phi) is 4.15. The number of hydrogen-bond donors (Lipinski definition) is 3. The van der Waals surface area contributed by atoms with Gasteiger partial charge in [0.15, 0.2) is 0 Å². The van der Waals surface area contributed by atoms with Crippen molar-refractivity contribution in [3.8, 4) is 0 Å². The van der Waals surface area contributed by atoms with Crippen molar-refractivity contribution < 1.29 is 18.3 Å². The standard InChI is InChI=1S/C18H26N2O4S/c1-11-5-7-12(8-6-11)25(23,24)20-16(22)19-14-13-9-10-18(4,15(14)21)17(13,2)3/h5-8,13-15,21H,9-10H2,1-4H3,(H2,19,20,22)/t13-,14+,15+,18+/m1/s1. The Morgan fingerprint density at radius 1 is 1.20 bits per heavy atom. The zero-order valence-electron chi connectivity index (χ0n) is 15.0. The van der Waals surface area contributed by atoms with E-state index in [1.54, 1.807) is 12.1 Å². The van der Waals surface area contributed by atoms with Gasteiger partial charge >= 0.3 is 6.03 Å². The lowest BCUT2D eigenvalue weighted by Gasteiger charge is -2.37. The summed E-state index contributed by atoms with van der Waals surface area (Å²) in [6.07, 6.45) is 1.14. The van der Waals surface area contributed by atoms with Crippen LogP contribution in [-0.4, -0.2) is 31.7 Å². The molecule has 2 aliphatic carbocycles. The largest absolute Gasteiger partial charge is 0.390 e. The van der Waals surface area contributed by atoms with E-state index in [0.717, 1.165) is 18.4 Å². The number of hydrogen-bond acceptors (Lipinski definition) is 4. The summed E-state index contributed by atoms with van der Waals surface area (Å²) < 4.78 is 26.7. The molecule has 0 heterocycles. The molecule has 0 radical (unpaired) electrons. The molecule has 2 bridgehead atoms. The Morgan fingerprint density at radius 2 is 1.80 bits per heavy atom. The number of aryl methyl sites for hydroxylation is 1. The second-order valence-corrected chi connectivity index (χ2v) is 9.83. The third kappa shape index (κ3) is 2.73. The smallest absolute Gasteiger partial charge is 0.329 e. The van der Waals surface area contributed by atoms with Gasteiger partial charge in [-0.25, -0.2) is 17.9 Å². The Morgan fingerprint density at radius 3 is 2.32 bits per heavy atom. The number of nitrogens with one attached hydrogen (secondary N) is 2. The predicted octanol–water partition coefficient (Wildman–Crippen LogP) is 2.17. The van der Waals surface area contributed by atoms with Crippen molar-refractivity contribution in [2.75, 3.05) is 0 Å². The first-order chi connectivity index (χ1) is 11.5. The minimum absolute atomic E-state index is 0.0361. The van der Waals surface area contributed by atoms with Crippen molar-refractivity contribution in [2.45, 2.75) is 57.6 Å². The van der Waals surface area contributed by atoms with E-state index in [9.17, 15) is 18.3 Å². The summed E-state index contributed by atoms with van der Waals surface area (Å²) in [6.45, 7) is 8.11. The van der Waals surface area contributed by atoms with Gasteiger partial charge in [-0.1, -0.05) is 38.5 Å². The Bertz CT molecular complexity index is 788. The minimum Gasteiger partial charge on any atom is -0.390 e. The van der Waals surface area contributed by atoms with Gasteiger partial charge < -0.3 is 10.4 Å². The molecule has 3 N–H and O–H groups in total. The zero-order chi connectivity index (χ0) is 18.6. The van der Waals surface area contributed by atoms with Crippen LogP contribution in [0.5, 0.6) is 0 Å². The fraction of sp³-hybridized carbons (Fsp3) is 0.611. The number of carbonyl (C=O) groups is 1. The van der Waals surface area contributed by atoms with Gasteiger partial charge in [-0.2, -0.15) is 0 Å². The van der Waals surface area contributed by atoms with Crippen molar-refractivity contribution in [1.82, 2.24) is 10.0 Å². The summed E-state index contributed by atoms with van der Waals surface area (Å²) in [7, 11) is -3.94. The molecule has 138 valence electrons. The maximum absolute atomic E-state index is 12.3. The maximum atomic E-state index is 12.3. The van der Waals surface area contributed by atoms with E-state index in [1.165, 1.54) is 12.1 Å². The number of amides is 2. The first-order valence-electron chi connectivity index (χ1n) is 8.57. The van der Waals surface area contributed by atoms with E-state index in [4.69, 9.17) is 0 Å². The van der Waals surface area contributed by atoms with Crippen LogP contribution >= 0.6 is 0 Å². The summed E-state index contributed by atoms with van der Waals surface area (Å²) in [5.74, 6) is 0.125. The molecule has 0 aliphatic heterocycles. The molecule has 4 atom stereocenters. The monoisotopic (exact) mass is 366 g/mol. The van der Waals surface area contributed by atoms with Gasteiger partial charge in [0.05, 0.1) is 17.0 Å². The van der Waals surface area contributed by atoms with E-state index in [-0.39, 0.29) is 21.6 Å². The maximum Gasteiger partial charge on any atom is 0.329 e. The van der Waals surface area contributed by atoms with Gasteiger partial charge in [-0.15, -0.1) is 0 Å². The molecule has 6 nitrogen and oxygen atoms in total. The normalized spacial score (nSPS) is 33.2. The third-order valence-corrected chi connectivity index (χ3v) is 8.00. The lowest BCUT2D eigenvalue weighted by atomic mass is 9.70. The summed E-state index contributed by atoms with van der Waals surface area (Å²) >= 11 is 0. The molecule has 0 aromatic heterocycles. The van der Waals surface area contributed by atoms with E-state index < -0.39 is 28.2 Å². The number of benzene rings is 1. The van der Waals surface area contributed by atoms with Gasteiger partial charge in [0.25, 0.3) is 10.0 Å². The van der Waals surface area contributed by atoms with E-state index in [0.29, 0.717) is 0 Å². The van der Waals surface area contributed by atoms with Crippen LogP contribution in [0, 0.1) is 23.7 Å². The Hall–Kier alpha value is -1.60. The molecule has 0 spiro atoms. The molecule has 2 aliphatic rings. The number of urea groups is 1. The van der Waals surface area contributed by atoms with Gasteiger partial charge in [-0.3, -0.25) is 0 Å². The van der Waals surface area contributed by atoms with Crippen molar-refractivity contribution in [3.63, 3.8) is 0 Å². The first kappa shape index (κ1) is 18.2. The minimum atomic E-state index is -3.94. The molecule has 25 heavy (non-hydrogen) atoms. The molecule has 7 heteroatoms. The van der Waals surface area contributed by atoms with Crippen molar-refractivity contribution in [1.29, 1.82) is 0 Å². The molecule has 1 aromatic carbocycles. The van der Waals surface area contributed by atoms with Crippen LogP contribution in [-0.2, 0) is 10.0 Å². The van der Waals surface area contributed by atoms with Crippen molar-refractivity contribution >= 4 is 16.1 Å². The molecule has 2 amide bonds. The Labute approximate surface area is 149 Å². The summed E-state index contributed by atoms with van der Waals surface area (Å²) in [5.41, 5.74) is 0.551. The third-order valence-electron chi connectivity index (χ3n) is 6.66. The van der Waals surface area contributed by atoms with Crippen LogP contribution in [0.2, 0.25) is 0 Å². The van der Waals surface area contributed by atoms with Crippen LogP contribution in [0.1, 0.15) is 39.2 Å². The quantitative estimate of drug-likeness (QED) is 0.764. The summed E-state index contributed by atoms with van der Waals surface area (Å²) in [6, 6.07) is 5.03. The van der Waals surface area contributed by atoms with Crippen LogP contribution in [0.15, 0.2) is 29.2 Å². The number of carbonyl (C=O) groups excluding carboxylic acids is 1. The molecule has 0 unspecified atom stereocenters. The second kappa shape index (κ2) is 5.71. The van der Waals surface area contributed by atoms with Crippen molar-refractivity contribution in [2.24, 2.45) is 16.7 Å². The van der Waals surface area contributed by atoms with Crippen LogP contribution in [0.3, 0.4) is 0 Å². The Balaban J connectivity index is 1.72. The highest BCUT2D eigenvalue weighted by molar-refractivity contribution is 7.90. The van der Waals surface area contributed by atoms with Gasteiger partial charge in [-0.05, 0) is 43.2 Å². The number of aliphatic hydroxyl groups is 1. The SMILES string of the molecule is Cc1ccc(S(=O)(=O)NC(=O)N[C@H]2[C@H]3CC[C@@](C)([C@H]2O)C3(C)C)cc1. The molecule has 0 saturated heterocycles. The van der Waals surface area contributed by atoms with E-state index >= 15 is 0 Å². The fourth-order valence-electron chi connectivity index (χ4n) is 4.59. The lowest BCUT2D eigenvalue weighted by molar-refractivity contribution is 0.00193. The fourth-order valence-corrected chi connectivity index (χ4v) is 5.51. The van der Waals surface area contributed by atoms with E-state index in [1.807, 2.05) is 18.6 Å². The van der Waals surface area contributed by atoms with E-state index in [2.05, 4.69) is 19.2 Å². The van der Waals surface area contributed by atoms with Crippen LogP contribution in [0.25, 0.3) is 0 Å². The molecule has 2 fully saturated rings. The zero-order valence-corrected chi connectivity index (χ0v) is 15.9. The first-order valence-corrected chi connectivity index (χ1v) is 10.1. The number of aliphatic hydroxyl groups excluding tert-OH is 1. The average molecular weight is 366 g/mol. The second-order valence-electron chi connectivity index (χ2n) is 8.15. The molecular formula is C18H26N2O4S. The van der Waals surface area contributed by atoms with Crippen LogP contribution < -0.4 is 10.0 Å². The molecular weight excluding hydrogens is 340 g/mol. The molecule has 1 aromatic rings. The number of fused-ring (bicyclic) bond motifs is 2. The number of rotatable bonds is 3. The van der Waals surface area contributed by atoms with Gasteiger partial charge in [0.1, 0.15) is 0 Å². The molecule has 2 saturated carbocycles. The lowest BCUT2D eigenvalue weighted by Crippen LogP contribution is -2.52. The number of sulfonamides is 1.